The van der Waals surface area contributed by atoms with Crippen LogP contribution in [0.2, 0.25) is 0 Å². The van der Waals surface area contributed by atoms with E-state index in [1.807, 2.05) is 0 Å². The first-order valence-corrected chi connectivity index (χ1v) is 12.8. The normalized spacial score (nSPS) is 45.9. The number of hydrogen-bond donors (Lipinski definition) is 3. The van der Waals surface area contributed by atoms with Gasteiger partial charge in [-0.25, -0.2) is 0 Å². The van der Waals surface area contributed by atoms with Gasteiger partial charge in [-0.2, -0.15) is 0 Å². The van der Waals surface area contributed by atoms with Crippen molar-refractivity contribution < 1.29 is 20.1 Å². The Hall–Kier alpha value is -0.610. The molecule has 3 saturated carbocycles. The first-order valence-electron chi connectivity index (χ1n) is 12.8. The molecule has 3 N–H and O–H groups in total. The lowest BCUT2D eigenvalue weighted by molar-refractivity contribution is -0.137. The van der Waals surface area contributed by atoms with Crippen LogP contribution < -0.4 is 0 Å². The fourth-order valence-electron chi connectivity index (χ4n) is 8.26. The number of carbonyl (C=O) groups is 1. The lowest BCUT2D eigenvalue weighted by Crippen LogP contribution is -2.50. The van der Waals surface area contributed by atoms with Crippen LogP contribution in [0.25, 0.3) is 0 Å². The third kappa shape index (κ3) is 4.75. The Morgan fingerprint density at radius 3 is 2.53 bits per heavy atom. The summed E-state index contributed by atoms with van der Waals surface area (Å²) < 4.78 is 0. The van der Waals surface area contributed by atoms with Gasteiger partial charge in [-0.1, -0.05) is 40.5 Å². The molecule has 30 heavy (non-hydrogen) atoms. The van der Waals surface area contributed by atoms with E-state index < -0.39 is 5.97 Å². The average Bonchev–Trinajstić information content (AvgIpc) is 3.03. The number of fused-ring (bicyclic) bond motifs is 3. The molecule has 0 saturated heterocycles. The first-order chi connectivity index (χ1) is 14.2. The van der Waals surface area contributed by atoms with Crippen molar-refractivity contribution in [3.8, 4) is 0 Å². The molecule has 0 radical (unpaired) electrons. The number of carboxylic acid groups (broad SMARTS) is 1. The lowest BCUT2D eigenvalue weighted by Gasteiger charge is -2.53. The number of hydrogen-bond acceptors (Lipinski definition) is 3. The zero-order valence-electron chi connectivity index (χ0n) is 19.7. The van der Waals surface area contributed by atoms with Crippen LogP contribution in [0, 0.1) is 46.8 Å². The minimum atomic E-state index is -0.685. The molecule has 0 heterocycles. The third-order valence-electron chi connectivity index (χ3n) is 9.84. The molecule has 0 aromatic carbocycles. The second-order valence-corrected chi connectivity index (χ2v) is 11.4. The van der Waals surface area contributed by atoms with E-state index in [0.717, 1.165) is 38.5 Å². The molecule has 3 rings (SSSR count). The Bertz CT molecular complexity index is 577. The van der Waals surface area contributed by atoms with Crippen molar-refractivity contribution in [3.05, 3.63) is 0 Å². The molecule has 3 fully saturated rings. The largest absolute Gasteiger partial charge is 0.481 e. The van der Waals surface area contributed by atoms with Crippen molar-refractivity contribution in [2.75, 3.05) is 0 Å². The highest BCUT2D eigenvalue weighted by Crippen LogP contribution is 2.63. The Morgan fingerprint density at radius 2 is 1.87 bits per heavy atom. The average molecular weight is 423 g/mol. The van der Waals surface area contributed by atoms with Crippen LogP contribution in [-0.4, -0.2) is 33.5 Å². The number of rotatable bonds is 5. The van der Waals surface area contributed by atoms with Crippen LogP contribution in [0.3, 0.4) is 0 Å². The molecule has 0 aliphatic heterocycles. The van der Waals surface area contributed by atoms with Gasteiger partial charge in [-0.3, -0.25) is 4.79 Å². The smallest absolute Gasteiger partial charge is 0.303 e. The van der Waals surface area contributed by atoms with Gasteiger partial charge in [-0.15, -0.1) is 0 Å². The molecule has 10 atom stereocenters. The number of aliphatic hydroxyl groups excluding tert-OH is 2. The summed E-state index contributed by atoms with van der Waals surface area (Å²) in [4.78, 5) is 11.1. The molecule has 0 bridgehead atoms. The fourth-order valence-corrected chi connectivity index (χ4v) is 8.26. The van der Waals surface area contributed by atoms with Gasteiger partial charge in [0.15, 0.2) is 0 Å². The summed E-state index contributed by atoms with van der Waals surface area (Å²) in [7, 11) is 0. The number of aliphatic hydroxyl groups is 2. The third-order valence-corrected chi connectivity index (χ3v) is 9.84. The molecule has 4 unspecified atom stereocenters. The predicted molar refractivity (Wildman–Crippen MR) is 120 cm³/mol. The summed E-state index contributed by atoms with van der Waals surface area (Å²) in [6.07, 6.45) is 10.2. The predicted octanol–water partition coefficient (Wildman–Crippen LogP) is 5.50. The molecule has 0 aromatic heterocycles. The molecule has 0 aromatic rings. The fraction of sp³-hybridized carbons (Fsp3) is 0.962. The highest BCUT2D eigenvalue weighted by Gasteiger charge is 2.57. The maximum absolute atomic E-state index is 11.7. The number of aliphatic carboxylic acids is 1. The van der Waals surface area contributed by atoms with E-state index in [4.69, 9.17) is 5.11 Å². The summed E-state index contributed by atoms with van der Waals surface area (Å²) >= 11 is 0. The molecule has 3 aliphatic carbocycles. The van der Waals surface area contributed by atoms with Gasteiger partial charge in [0, 0.05) is 6.42 Å². The molecule has 4 nitrogen and oxygen atoms in total. The van der Waals surface area contributed by atoms with Crippen LogP contribution in [0.5, 0.6) is 0 Å². The van der Waals surface area contributed by atoms with Crippen LogP contribution in [-0.2, 0) is 4.79 Å². The van der Waals surface area contributed by atoms with E-state index in [-0.39, 0.29) is 30.0 Å². The van der Waals surface area contributed by atoms with Crippen molar-refractivity contribution >= 4 is 5.97 Å². The summed E-state index contributed by atoms with van der Waals surface area (Å²) in [6.45, 7) is 9.15. The Morgan fingerprint density at radius 1 is 1.13 bits per heavy atom. The summed E-state index contributed by atoms with van der Waals surface area (Å²) in [5.41, 5.74) is 0.227. The molecule has 0 spiro atoms. The van der Waals surface area contributed by atoms with Gasteiger partial charge in [0.2, 0.25) is 0 Å². The van der Waals surface area contributed by atoms with Crippen molar-refractivity contribution in [3.63, 3.8) is 0 Å². The number of carboxylic acids is 1. The van der Waals surface area contributed by atoms with Crippen LogP contribution in [0.15, 0.2) is 0 Å². The maximum Gasteiger partial charge on any atom is 0.303 e. The highest BCUT2D eigenvalue weighted by molar-refractivity contribution is 5.66. The molecule has 3 aliphatic rings. The van der Waals surface area contributed by atoms with Crippen LogP contribution >= 0.6 is 0 Å². The van der Waals surface area contributed by atoms with Gasteiger partial charge in [0.25, 0.3) is 0 Å². The Labute approximate surface area is 183 Å². The van der Waals surface area contributed by atoms with Gasteiger partial charge in [0.1, 0.15) is 0 Å². The Balaban J connectivity index is 1.84. The van der Waals surface area contributed by atoms with Gasteiger partial charge in [0.05, 0.1) is 12.2 Å². The highest BCUT2D eigenvalue weighted by atomic mass is 16.4. The molecular weight excluding hydrogens is 376 g/mol. The van der Waals surface area contributed by atoms with Crippen molar-refractivity contribution in [2.24, 2.45) is 46.8 Å². The second kappa shape index (κ2) is 9.90. The topological polar surface area (TPSA) is 77.8 Å². The van der Waals surface area contributed by atoms with Crippen molar-refractivity contribution in [1.82, 2.24) is 0 Å². The monoisotopic (exact) mass is 422 g/mol. The summed E-state index contributed by atoms with van der Waals surface area (Å²) in [5.74, 6) is 2.41. The van der Waals surface area contributed by atoms with Gasteiger partial charge >= 0.3 is 5.97 Å². The second-order valence-electron chi connectivity index (χ2n) is 11.4. The van der Waals surface area contributed by atoms with E-state index in [1.165, 1.54) is 25.7 Å². The van der Waals surface area contributed by atoms with E-state index >= 15 is 0 Å². The molecule has 174 valence electrons. The molecule has 4 heteroatoms. The minimum Gasteiger partial charge on any atom is -0.481 e. The molecule has 0 amide bonds. The van der Waals surface area contributed by atoms with Gasteiger partial charge < -0.3 is 15.3 Å². The van der Waals surface area contributed by atoms with Crippen molar-refractivity contribution in [1.29, 1.82) is 0 Å². The van der Waals surface area contributed by atoms with Crippen molar-refractivity contribution in [2.45, 2.75) is 111 Å². The quantitative estimate of drug-likeness (QED) is 0.546. The molecular formula is C26H46O4. The first kappa shape index (κ1) is 24.0. The van der Waals surface area contributed by atoms with Gasteiger partial charge in [-0.05, 0) is 98.2 Å². The van der Waals surface area contributed by atoms with E-state index in [1.54, 1.807) is 0 Å². The minimum absolute atomic E-state index is 0.224. The lowest BCUT2D eigenvalue weighted by atomic mass is 9.53. The summed E-state index contributed by atoms with van der Waals surface area (Å²) in [6, 6.07) is 0. The zero-order chi connectivity index (χ0) is 22.1. The Kier molecular flexibility index (Phi) is 7.93. The summed E-state index contributed by atoms with van der Waals surface area (Å²) in [5, 5.41) is 31.3. The van der Waals surface area contributed by atoms with E-state index in [9.17, 15) is 15.0 Å². The van der Waals surface area contributed by atoms with Crippen LogP contribution in [0.1, 0.15) is 98.3 Å². The van der Waals surface area contributed by atoms with E-state index in [0.29, 0.717) is 35.5 Å². The zero-order valence-corrected chi connectivity index (χ0v) is 19.7. The standard InChI is InChI=1S/C26H46O4/c1-5-20-17(3)15-19(27)8-6-7-18-13-14-26(4)21(16(2)9-12-23(28)29)10-11-22(26)24(18)25(20)30/h16-22,24-25,27,30H,5-15H2,1-4H3,(H,28,29)/t16-,17+,18?,19-,20-,21?,22?,24?,25-,26-/m1/s1. The SMILES string of the molecule is CC[C@@H]1[C@@H](C)C[C@H](O)CCCC2CC[C@@]3(C)C(CCC3[C@H](C)CCC(=O)O)C2[C@@H]1O. The van der Waals surface area contributed by atoms with Crippen LogP contribution in [0.4, 0.5) is 0 Å². The maximum atomic E-state index is 11.7. The van der Waals surface area contributed by atoms with E-state index in [2.05, 4.69) is 27.7 Å².